The summed E-state index contributed by atoms with van der Waals surface area (Å²) < 4.78 is 12.6. The van der Waals surface area contributed by atoms with Gasteiger partial charge in [-0.2, -0.15) is 5.10 Å². The molecule has 0 amide bonds. The van der Waals surface area contributed by atoms with Crippen molar-refractivity contribution in [1.29, 1.82) is 0 Å². The second kappa shape index (κ2) is 5.36. The van der Waals surface area contributed by atoms with Crippen LogP contribution in [0, 0.1) is 5.82 Å². The van der Waals surface area contributed by atoms with Crippen molar-refractivity contribution < 1.29 is 9.50 Å². The Morgan fingerprint density at radius 1 is 1.35 bits per heavy atom. The van der Waals surface area contributed by atoms with Crippen molar-refractivity contribution in [2.75, 3.05) is 0 Å². The zero-order valence-corrected chi connectivity index (χ0v) is 9.05. The number of hydrogen-bond donors (Lipinski definition) is 2. The van der Waals surface area contributed by atoms with Gasteiger partial charge in [-0.15, -0.1) is 0 Å². The second-order valence-electron chi connectivity index (χ2n) is 3.60. The number of aliphatic hydroxyl groups is 1. The van der Waals surface area contributed by atoms with Crippen molar-refractivity contribution in [3.63, 3.8) is 0 Å². The molecular weight excluding hydrogens is 221 g/mol. The zero-order valence-electron chi connectivity index (χ0n) is 9.05. The lowest BCUT2D eigenvalue weighted by molar-refractivity contribution is 0.222. The molecule has 1 aromatic heterocycles. The lowest BCUT2D eigenvalue weighted by Gasteiger charge is -2.01. The molecule has 0 spiro atoms. The van der Waals surface area contributed by atoms with Crippen LogP contribution in [0.25, 0.3) is 6.08 Å². The van der Waals surface area contributed by atoms with E-state index >= 15 is 0 Å². The number of aromatic amines is 1. The molecule has 0 bridgehead atoms. The highest BCUT2D eigenvalue weighted by atomic mass is 19.1. The monoisotopic (exact) mass is 233 g/mol. The third kappa shape index (κ3) is 3.49. The fourth-order valence-electron chi connectivity index (χ4n) is 1.39. The summed E-state index contributed by atoms with van der Waals surface area (Å²) in [5, 5.41) is 16.1. The van der Waals surface area contributed by atoms with Gasteiger partial charge in [0, 0.05) is 6.42 Å². The quantitative estimate of drug-likeness (QED) is 0.842. The summed E-state index contributed by atoms with van der Waals surface area (Å²) >= 11 is 0. The summed E-state index contributed by atoms with van der Waals surface area (Å²) in [5.74, 6) is 0.282. The van der Waals surface area contributed by atoms with Crippen LogP contribution in [-0.4, -0.2) is 26.4 Å². The fraction of sp³-hybridized carbons (Fsp3) is 0.167. The normalized spacial score (nSPS) is 13.1. The first-order valence-electron chi connectivity index (χ1n) is 5.20. The number of hydrogen-bond acceptors (Lipinski definition) is 3. The number of halogens is 1. The number of aliphatic hydroxyl groups excluding tert-OH is 1. The molecule has 0 aliphatic heterocycles. The van der Waals surface area contributed by atoms with E-state index in [9.17, 15) is 9.50 Å². The molecule has 0 saturated carbocycles. The van der Waals surface area contributed by atoms with Crippen LogP contribution >= 0.6 is 0 Å². The van der Waals surface area contributed by atoms with Gasteiger partial charge in [-0.05, 0) is 17.7 Å². The average molecular weight is 233 g/mol. The minimum atomic E-state index is -0.657. The van der Waals surface area contributed by atoms with Crippen LogP contribution < -0.4 is 0 Å². The molecule has 88 valence electrons. The molecule has 0 radical (unpaired) electrons. The molecule has 2 rings (SSSR count). The molecule has 0 aliphatic carbocycles. The summed E-state index contributed by atoms with van der Waals surface area (Å²) in [4.78, 5) is 3.91. The molecule has 1 atom stereocenters. The Kier molecular flexibility index (Phi) is 3.62. The van der Waals surface area contributed by atoms with Gasteiger partial charge in [-0.1, -0.05) is 24.3 Å². The van der Waals surface area contributed by atoms with E-state index in [1.165, 1.54) is 18.5 Å². The fourth-order valence-corrected chi connectivity index (χ4v) is 1.39. The van der Waals surface area contributed by atoms with Gasteiger partial charge in [-0.3, -0.25) is 5.10 Å². The van der Waals surface area contributed by atoms with Gasteiger partial charge in [-0.25, -0.2) is 9.37 Å². The molecule has 0 aliphatic rings. The smallest absolute Gasteiger partial charge is 0.153 e. The first kappa shape index (κ1) is 11.5. The van der Waals surface area contributed by atoms with Gasteiger partial charge in [0.2, 0.25) is 0 Å². The maximum Gasteiger partial charge on any atom is 0.153 e. The third-order valence-electron chi connectivity index (χ3n) is 2.24. The van der Waals surface area contributed by atoms with Crippen LogP contribution in [0.4, 0.5) is 4.39 Å². The average Bonchev–Trinajstić information content (AvgIpc) is 2.81. The summed E-state index contributed by atoms with van der Waals surface area (Å²) in [6.45, 7) is 0. The highest BCUT2D eigenvalue weighted by Crippen LogP contribution is 2.06. The largest absolute Gasteiger partial charge is 0.389 e. The summed E-state index contributed by atoms with van der Waals surface area (Å²) in [6, 6.07) is 6.04. The van der Waals surface area contributed by atoms with E-state index < -0.39 is 6.10 Å². The number of nitrogens with zero attached hydrogens (tertiary/aromatic N) is 2. The van der Waals surface area contributed by atoms with E-state index in [1.807, 2.05) is 0 Å². The minimum Gasteiger partial charge on any atom is -0.389 e. The predicted octanol–water partition coefficient (Wildman–Crippen LogP) is 1.56. The van der Waals surface area contributed by atoms with Gasteiger partial charge in [0.25, 0.3) is 0 Å². The van der Waals surface area contributed by atoms with E-state index in [-0.39, 0.29) is 5.82 Å². The molecular formula is C12H12FN3O. The molecule has 2 aromatic rings. The molecule has 1 aromatic carbocycles. The van der Waals surface area contributed by atoms with Gasteiger partial charge >= 0.3 is 0 Å². The first-order valence-corrected chi connectivity index (χ1v) is 5.20. The first-order chi connectivity index (χ1) is 8.24. The standard InChI is InChI=1S/C12H12FN3O/c13-10-4-1-9(2-5-10)3-6-11(17)7-12-14-8-15-16-12/h1-6,8,11,17H,7H2,(H,14,15,16). The molecule has 0 saturated heterocycles. The Morgan fingerprint density at radius 2 is 2.12 bits per heavy atom. The van der Waals surface area contributed by atoms with Crippen LogP contribution in [0.1, 0.15) is 11.4 Å². The molecule has 17 heavy (non-hydrogen) atoms. The van der Waals surface area contributed by atoms with Crippen molar-refractivity contribution in [2.24, 2.45) is 0 Å². The number of aromatic nitrogens is 3. The SMILES string of the molecule is OC(C=Cc1ccc(F)cc1)Cc1nc[nH]n1. The molecule has 5 heteroatoms. The molecule has 1 heterocycles. The minimum absolute atomic E-state index is 0.275. The summed E-state index contributed by atoms with van der Waals surface area (Å²) in [5.41, 5.74) is 0.834. The number of H-pyrrole nitrogens is 1. The van der Waals surface area contributed by atoms with E-state index in [0.717, 1.165) is 5.56 Å². The Labute approximate surface area is 97.8 Å². The Hall–Kier alpha value is -2.01. The predicted molar refractivity (Wildman–Crippen MR) is 61.5 cm³/mol. The highest BCUT2D eigenvalue weighted by Gasteiger charge is 2.04. The number of rotatable bonds is 4. The van der Waals surface area contributed by atoms with E-state index in [0.29, 0.717) is 12.2 Å². The van der Waals surface area contributed by atoms with Gasteiger partial charge in [0.05, 0.1) is 6.10 Å². The van der Waals surface area contributed by atoms with Crippen molar-refractivity contribution in [2.45, 2.75) is 12.5 Å². The lowest BCUT2D eigenvalue weighted by Crippen LogP contribution is -2.07. The Bertz CT molecular complexity index is 479. The Balaban J connectivity index is 1.93. The van der Waals surface area contributed by atoms with Gasteiger partial charge in [0.1, 0.15) is 12.1 Å². The van der Waals surface area contributed by atoms with Crippen LogP contribution in [0.3, 0.4) is 0 Å². The van der Waals surface area contributed by atoms with E-state index in [1.54, 1.807) is 24.3 Å². The van der Waals surface area contributed by atoms with E-state index in [2.05, 4.69) is 15.2 Å². The number of benzene rings is 1. The second-order valence-corrected chi connectivity index (χ2v) is 3.60. The topological polar surface area (TPSA) is 61.8 Å². The van der Waals surface area contributed by atoms with Crippen molar-refractivity contribution in [3.8, 4) is 0 Å². The van der Waals surface area contributed by atoms with Gasteiger partial charge < -0.3 is 5.11 Å². The van der Waals surface area contributed by atoms with Crippen LogP contribution in [-0.2, 0) is 6.42 Å². The van der Waals surface area contributed by atoms with Crippen molar-refractivity contribution >= 4 is 6.08 Å². The maximum absolute atomic E-state index is 12.6. The molecule has 4 nitrogen and oxygen atoms in total. The Morgan fingerprint density at radius 3 is 2.76 bits per heavy atom. The van der Waals surface area contributed by atoms with Crippen molar-refractivity contribution in [1.82, 2.24) is 15.2 Å². The van der Waals surface area contributed by atoms with E-state index in [4.69, 9.17) is 0 Å². The summed E-state index contributed by atoms with van der Waals surface area (Å²) in [7, 11) is 0. The van der Waals surface area contributed by atoms with Crippen LogP contribution in [0.2, 0.25) is 0 Å². The van der Waals surface area contributed by atoms with Gasteiger partial charge in [0.15, 0.2) is 5.82 Å². The molecule has 0 fully saturated rings. The van der Waals surface area contributed by atoms with Crippen molar-refractivity contribution in [3.05, 3.63) is 53.9 Å². The highest BCUT2D eigenvalue weighted by molar-refractivity contribution is 5.49. The maximum atomic E-state index is 12.6. The van der Waals surface area contributed by atoms with Crippen LogP contribution in [0.5, 0.6) is 0 Å². The molecule has 2 N–H and O–H groups in total. The lowest BCUT2D eigenvalue weighted by atomic mass is 10.1. The summed E-state index contributed by atoms with van der Waals surface area (Å²) in [6.07, 6.45) is 4.52. The molecule has 1 unspecified atom stereocenters. The van der Waals surface area contributed by atoms with Crippen LogP contribution in [0.15, 0.2) is 36.7 Å². The number of nitrogens with one attached hydrogen (secondary N) is 1. The third-order valence-corrected chi connectivity index (χ3v) is 2.24. The zero-order chi connectivity index (χ0) is 12.1.